The Hall–Kier alpha value is -4.03. The van der Waals surface area contributed by atoms with E-state index >= 15 is 0 Å². The van der Waals surface area contributed by atoms with Crippen LogP contribution in [0.1, 0.15) is 56.7 Å². The van der Waals surface area contributed by atoms with E-state index in [9.17, 15) is 18.0 Å². The Bertz CT molecular complexity index is 1640. The molecule has 0 radical (unpaired) electrons. The standard InChI is InChI=1S/C30H34N6O5S/c37-28(21-35-26-12-5-4-11-25(26)32-33-35)36(23-14-16-24(17-15-23)42(39,40)34-18-6-7-19-34)29(27-13-8-20-41-27)30(38)31-22-9-2-1-3-10-22/h4-5,8,11-17,20,22,29H,1-3,6-7,9-10,18-19,21H2,(H,31,38)/t29-/m1/s1. The number of rotatable bonds is 9. The summed E-state index contributed by atoms with van der Waals surface area (Å²) in [6.07, 6.45) is 8.08. The zero-order valence-corrected chi connectivity index (χ0v) is 24.1. The molecule has 2 fully saturated rings. The van der Waals surface area contributed by atoms with E-state index in [2.05, 4.69) is 15.6 Å². The molecular weight excluding hydrogens is 556 g/mol. The number of carbonyl (C=O) groups is 2. The minimum atomic E-state index is -3.66. The lowest BCUT2D eigenvalue weighted by Crippen LogP contribution is -2.48. The number of sulfonamides is 1. The van der Waals surface area contributed by atoms with Gasteiger partial charge in [-0.2, -0.15) is 4.31 Å². The topological polar surface area (TPSA) is 131 Å². The quantitative estimate of drug-likeness (QED) is 0.311. The van der Waals surface area contributed by atoms with Crippen molar-refractivity contribution in [2.45, 2.75) is 68.5 Å². The largest absolute Gasteiger partial charge is 0.467 e. The summed E-state index contributed by atoms with van der Waals surface area (Å²) in [5.74, 6) is -0.489. The summed E-state index contributed by atoms with van der Waals surface area (Å²) in [4.78, 5) is 29.6. The van der Waals surface area contributed by atoms with Crippen LogP contribution in [-0.4, -0.2) is 58.7 Å². The van der Waals surface area contributed by atoms with E-state index < -0.39 is 22.0 Å². The maximum absolute atomic E-state index is 14.2. The van der Waals surface area contributed by atoms with E-state index in [0.717, 1.165) is 44.9 Å². The van der Waals surface area contributed by atoms with Gasteiger partial charge in [0.15, 0.2) is 6.04 Å². The fourth-order valence-corrected chi connectivity index (χ4v) is 7.40. The number of para-hydroxylation sites is 1. The molecule has 2 amide bonds. The Balaban J connectivity index is 1.38. The number of hydrogen-bond acceptors (Lipinski definition) is 7. The molecule has 3 heterocycles. The monoisotopic (exact) mass is 590 g/mol. The third-order valence-electron chi connectivity index (χ3n) is 8.06. The van der Waals surface area contributed by atoms with Crippen LogP contribution in [-0.2, 0) is 26.2 Å². The molecule has 1 N–H and O–H groups in total. The third-order valence-corrected chi connectivity index (χ3v) is 9.98. The molecule has 6 rings (SSSR count). The number of nitrogens with zero attached hydrogens (tertiary/aromatic N) is 5. The average molecular weight is 591 g/mol. The van der Waals surface area contributed by atoms with Gasteiger partial charge in [0.05, 0.1) is 16.7 Å². The SMILES string of the molecule is O=C(NC1CCCCC1)[C@@H](c1ccco1)N(C(=O)Cn1nnc2ccccc21)c1ccc(S(=O)(=O)N2CCCC2)cc1. The van der Waals surface area contributed by atoms with Crippen molar-refractivity contribution in [2.75, 3.05) is 18.0 Å². The summed E-state index contributed by atoms with van der Waals surface area (Å²) in [7, 11) is -3.66. The van der Waals surface area contributed by atoms with Gasteiger partial charge in [0.25, 0.3) is 5.91 Å². The molecule has 0 spiro atoms. The van der Waals surface area contributed by atoms with Gasteiger partial charge in [-0.25, -0.2) is 13.1 Å². The Labute approximate surface area is 244 Å². The van der Waals surface area contributed by atoms with Crippen molar-refractivity contribution in [1.29, 1.82) is 0 Å². The first-order chi connectivity index (χ1) is 20.4. The van der Waals surface area contributed by atoms with Crippen molar-refractivity contribution >= 4 is 38.6 Å². The van der Waals surface area contributed by atoms with E-state index in [1.54, 1.807) is 24.3 Å². The predicted octanol–water partition coefficient (Wildman–Crippen LogP) is 4.03. The number of furan rings is 1. The highest BCUT2D eigenvalue weighted by atomic mass is 32.2. The van der Waals surface area contributed by atoms with E-state index in [4.69, 9.17) is 4.42 Å². The van der Waals surface area contributed by atoms with Crippen LogP contribution in [0.3, 0.4) is 0 Å². The molecule has 1 aliphatic heterocycles. The Morgan fingerprint density at radius 1 is 0.952 bits per heavy atom. The second-order valence-corrected chi connectivity index (χ2v) is 12.8. The van der Waals surface area contributed by atoms with Crippen molar-refractivity contribution in [3.05, 3.63) is 72.7 Å². The van der Waals surface area contributed by atoms with E-state index in [1.165, 1.54) is 32.3 Å². The molecule has 1 saturated carbocycles. The van der Waals surface area contributed by atoms with Gasteiger partial charge in [0.1, 0.15) is 17.8 Å². The van der Waals surface area contributed by atoms with Crippen LogP contribution in [0.15, 0.2) is 76.2 Å². The summed E-state index contributed by atoms with van der Waals surface area (Å²) in [6.45, 7) is 0.785. The first-order valence-corrected chi connectivity index (χ1v) is 15.9. The molecule has 220 valence electrons. The summed E-state index contributed by atoms with van der Waals surface area (Å²) in [5, 5.41) is 11.5. The molecule has 2 aromatic heterocycles. The molecule has 11 nitrogen and oxygen atoms in total. The summed E-state index contributed by atoms with van der Waals surface area (Å²) < 4.78 is 35.1. The molecule has 0 bridgehead atoms. The van der Waals surface area contributed by atoms with Crippen molar-refractivity contribution in [2.24, 2.45) is 0 Å². The fraction of sp³-hybridized carbons (Fsp3) is 0.400. The highest BCUT2D eigenvalue weighted by Gasteiger charge is 2.37. The van der Waals surface area contributed by atoms with E-state index in [1.807, 2.05) is 24.3 Å². The second kappa shape index (κ2) is 12.1. The summed E-state index contributed by atoms with van der Waals surface area (Å²) >= 11 is 0. The van der Waals surface area contributed by atoms with Crippen LogP contribution in [0, 0.1) is 0 Å². The fourth-order valence-electron chi connectivity index (χ4n) is 5.88. The highest BCUT2D eigenvalue weighted by Crippen LogP contribution is 2.32. The van der Waals surface area contributed by atoms with Gasteiger partial charge >= 0.3 is 0 Å². The van der Waals surface area contributed by atoms with E-state index in [0.29, 0.717) is 35.6 Å². The van der Waals surface area contributed by atoms with Gasteiger partial charge in [-0.3, -0.25) is 14.5 Å². The van der Waals surface area contributed by atoms with Crippen LogP contribution >= 0.6 is 0 Å². The maximum atomic E-state index is 14.2. The van der Waals surface area contributed by atoms with Crippen molar-refractivity contribution < 1.29 is 22.4 Å². The normalized spacial score (nSPS) is 17.3. The van der Waals surface area contributed by atoms with Gasteiger partial charge in [-0.1, -0.05) is 36.6 Å². The molecule has 12 heteroatoms. The van der Waals surface area contributed by atoms with Crippen LogP contribution in [0.5, 0.6) is 0 Å². The van der Waals surface area contributed by atoms with Crippen molar-refractivity contribution in [3.63, 3.8) is 0 Å². The molecule has 1 saturated heterocycles. The number of benzene rings is 2. The molecule has 1 aliphatic carbocycles. The molecule has 42 heavy (non-hydrogen) atoms. The van der Waals surface area contributed by atoms with Crippen molar-refractivity contribution in [3.8, 4) is 0 Å². The molecule has 2 aromatic carbocycles. The molecule has 1 atom stereocenters. The highest BCUT2D eigenvalue weighted by molar-refractivity contribution is 7.89. The number of nitrogens with one attached hydrogen (secondary N) is 1. The van der Waals surface area contributed by atoms with Gasteiger partial charge in [0.2, 0.25) is 15.9 Å². The first-order valence-electron chi connectivity index (χ1n) is 14.5. The summed E-state index contributed by atoms with van der Waals surface area (Å²) in [6, 6.07) is 15.7. The predicted molar refractivity (Wildman–Crippen MR) is 156 cm³/mol. The molecular formula is C30H34N6O5S. The molecule has 0 unspecified atom stereocenters. The number of fused-ring (bicyclic) bond motifs is 1. The Kier molecular flexibility index (Phi) is 8.07. The minimum Gasteiger partial charge on any atom is -0.467 e. The zero-order valence-electron chi connectivity index (χ0n) is 23.3. The minimum absolute atomic E-state index is 0.00732. The van der Waals surface area contributed by atoms with Crippen molar-refractivity contribution in [1.82, 2.24) is 24.6 Å². The Morgan fingerprint density at radius 3 is 2.40 bits per heavy atom. The molecule has 4 aromatic rings. The summed E-state index contributed by atoms with van der Waals surface area (Å²) in [5.41, 5.74) is 1.69. The van der Waals surface area contributed by atoms with Gasteiger partial charge in [-0.05, 0) is 74.2 Å². The molecule has 2 aliphatic rings. The Morgan fingerprint density at radius 2 is 1.69 bits per heavy atom. The average Bonchev–Trinajstić information content (AvgIpc) is 3.80. The number of aromatic nitrogens is 3. The van der Waals surface area contributed by atoms with Crippen LogP contribution in [0.25, 0.3) is 11.0 Å². The number of anilines is 1. The van der Waals surface area contributed by atoms with Crippen LogP contribution in [0.4, 0.5) is 5.69 Å². The van der Waals surface area contributed by atoms with E-state index in [-0.39, 0.29) is 23.4 Å². The smallest absolute Gasteiger partial charge is 0.251 e. The van der Waals surface area contributed by atoms with Crippen LogP contribution in [0.2, 0.25) is 0 Å². The third kappa shape index (κ3) is 5.68. The zero-order chi connectivity index (χ0) is 29.1. The van der Waals surface area contributed by atoms with Gasteiger partial charge < -0.3 is 9.73 Å². The number of carbonyl (C=O) groups excluding carboxylic acids is 2. The van der Waals surface area contributed by atoms with Gasteiger partial charge in [-0.15, -0.1) is 5.10 Å². The number of amides is 2. The van der Waals surface area contributed by atoms with Gasteiger partial charge in [0, 0.05) is 24.8 Å². The first kappa shape index (κ1) is 28.1. The maximum Gasteiger partial charge on any atom is 0.251 e. The second-order valence-electron chi connectivity index (χ2n) is 10.9. The lowest BCUT2D eigenvalue weighted by Gasteiger charge is -2.32. The van der Waals surface area contributed by atoms with Crippen LogP contribution < -0.4 is 10.2 Å². The number of hydrogen-bond donors (Lipinski definition) is 1. The lowest BCUT2D eigenvalue weighted by molar-refractivity contribution is -0.128. The lowest BCUT2D eigenvalue weighted by atomic mass is 9.95.